The van der Waals surface area contributed by atoms with Crippen LogP contribution in [0.4, 0.5) is 0 Å². The molecular formula is C16H24N2O2. The molecule has 4 bridgehead atoms. The Hall–Kier alpha value is -1.36. The Labute approximate surface area is 122 Å². The van der Waals surface area contributed by atoms with Crippen molar-refractivity contribution in [3.8, 4) is 12.1 Å². The van der Waals surface area contributed by atoms with Gasteiger partial charge in [-0.15, -0.1) is 0 Å². The maximum absolute atomic E-state index is 8.56. The lowest BCUT2D eigenvalue weighted by molar-refractivity contribution is 0.0986. The number of ether oxygens (including phenoxy) is 2. The van der Waals surface area contributed by atoms with Crippen molar-refractivity contribution in [2.45, 2.75) is 65.0 Å². The largest absolute Gasteiger partial charge is 0.374 e. The Morgan fingerprint density at radius 1 is 0.900 bits per heavy atom. The van der Waals surface area contributed by atoms with Gasteiger partial charge in [0.05, 0.1) is 48.4 Å². The maximum atomic E-state index is 8.56. The summed E-state index contributed by atoms with van der Waals surface area (Å²) in [5.41, 5.74) is 0. The second kappa shape index (κ2) is 6.88. The first-order chi connectivity index (χ1) is 8.80. The minimum atomic E-state index is 0. The zero-order chi connectivity index (χ0) is 12.5. The van der Waals surface area contributed by atoms with Crippen LogP contribution in [0.5, 0.6) is 0 Å². The fourth-order valence-corrected chi connectivity index (χ4v) is 3.17. The van der Waals surface area contributed by atoms with Crippen LogP contribution in [0.25, 0.3) is 0 Å². The molecule has 0 spiro atoms. The Morgan fingerprint density at radius 3 is 1.95 bits per heavy atom. The van der Waals surface area contributed by atoms with E-state index in [2.05, 4.69) is 12.1 Å². The first-order valence-corrected chi connectivity index (χ1v) is 6.58. The molecule has 0 amide bonds. The fraction of sp³-hybridized carbons (Fsp3) is 0.750. The molecule has 0 aromatic rings. The van der Waals surface area contributed by atoms with Crippen LogP contribution in [0.3, 0.4) is 0 Å². The number of fused-ring (bicyclic) bond motifs is 4. The van der Waals surface area contributed by atoms with E-state index in [9.17, 15) is 0 Å². The standard InChI is InChI=1S/C7H9NO.C7H7NO.2CH4/c2*8-4-5-3-6-1-2-7(5)9-6;;/h5-7H,1-3H2;1-2,5-7H,3H2;2*1H4. The highest BCUT2D eigenvalue weighted by Gasteiger charge is 2.40. The van der Waals surface area contributed by atoms with Gasteiger partial charge in [0.25, 0.3) is 0 Å². The van der Waals surface area contributed by atoms with Gasteiger partial charge in [-0.05, 0) is 25.7 Å². The molecule has 0 radical (unpaired) electrons. The second-order valence-electron chi connectivity index (χ2n) is 5.34. The highest BCUT2D eigenvalue weighted by Crippen LogP contribution is 2.38. The molecule has 20 heavy (non-hydrogen) atoms. The van der Waals surface area contributed by atoms with Crippen molar-refractivity contribution in [1.82, 2.24) is 0 Å². The van der Waals surface area contributed by atoms with E-state index in [-0.39, 0.29) is 38.9 Å². The quantitative estimate of drug-likeness (QED) is 0.637. The molecule has 0 N–H and O–H groups in total. The Bertz CT molecular complexity index is 435. The Kier molecular flexibility index (Phi) is 5.74. The highest BCUT2D eigenvalue weighted by molar-refractivity contribution is 5.15. The van der Waals surface area contributed by atoms with Crippen LogP contribution in [0.1, 0.15) is 40.5 Å². The molecule has 0 aromatic heterocycles. The zero-order valence-corrected chi connectivity index (χ0v) is 10.2. The third-order valence-electron chi connectivity index (χ3n) is 4.17. The fourth-order valence-electron chi connectivity index (χ4n) is 3.17. The predicted molar refractivity (Wildman–Crippen MR) is 76.6 cm³/mol. The van der Waals surface area contributed by atoms with Crippen molar-refractivity contribution >= 4 is 0 Å². The van der Waals surface area contributed by atoms with E-state index in [0.29, 0.717) is 12.2 Å². The summed E-state index contributed by atoms with van der Waals surface area (Å²) in [7, 11) is 0. The van der Waals surface area contributed by atoms with Crippen molar-refractivity contribution in [1.29, 1.82) is 10.5 Å². The third-order valence-corrected chi connectivity index (χ3v) is 4.17. The van der Waals surface area contributed by atoms with Gasteiger partial charge in [0.1, 0.15) is 0 Å². The molecule has 6 atom stereocenters. The zero-order valence-electron chi connectivity index (χ0n) is 10.2. The first-order valence-electron chi connectivity index (χ1n) is 6.58. The molecule has 3 saturated heterocycles. The van der Waals surface area contributed by atoms with Crippen LogP contribution in [-0.2, 0) is 9.47 Å². The number of rotatable bonds is 0. The van der Waals surface area contributed by atoms with Gasteiger partial charge in [-0.2, -0.15) is 10.5 Å². The molecular weight excluding hydrogens is 252 g/mol. The number of nitrogens with zero attached hydrogens (tertiary/aromatic N) is 2. The van der Waals surface area contributed by atoms with Crippen molar-refractivity contribution < 1.29 is 9.47 Å². The Balaban J connectivity index is 0.000000182. The van der Waals surface area contributed by atoms with Crippen molar-refractivity contribution in [2.24, 2.45) is 11.8 Å². The average molecular weight is 276 g/mol. The smallest absolute Gasteiger partial charge is 0.0924 e. The van der Waals surface area contributed by atoms with Crippen LogP contribution in [-0.4, -0.2) is 24.4 Å². The summed E-state index contributed by atoms with van der Waals surface area (Å²) in [6, 6.07) is 4.49. The molecule has 0 saturated carbocycles. The van der Waals surface area contributed by atoms with Gasteiger partial charge in [-0.1, -0.05) is 27.0 Å². The lowest BCUT2D eigenvalue weighted by Gasteiger charge is -2.08. The summed E-state index contributed by atoms with van der Waals surface area (Å²) < 4.78 is 10.8. The van der Waals surface area contributed by atoms with E-state index in [1.54, 1.807) is 0 Å². The maximum Gasteiger partial charge on any atom is 0.0924 e. The monoisotopic (exact) mass is 276 g/mol. The van der Waals surface area contributed by atoms with Crippen molar-refractivity contribution in [3.05, 3.63) is 12.2 Å². The summed E-state index contributed by atoms with van der Waals surface area (Å²) in [5.74, 6) is 0.337. The highest BCUT2D eigenvalue weighted by atomic mass is 16.5. The lowest BCUT2D eigenvalue weighted by atomic mass is 9.91. The van der Waals surface area contributed by atoms with Gasteiger partial charge in [-0.25, -0.2) is 0 Å². The topological polar surface area (TPSA) is 66.0 Å². The van der Waals surface area contributed by atoms with E-state index < -0.39 is 0 Å². The number of hydrogen-bond acceptors (Lipinski definition) is 4. The van der Waals surface area contributed by atoms with E-state index in [1.165, 1.54) is 6.42 Å². The normalized spacial score (nSPS) is 41.7. The molecule has 0 aliphatic carbocycles. The summed E-state index contributed by atoms with van der Waals surface area (Å²) >= 11 is 0. The molecule has 0 aromatic carbocycles. The SMILES string of the molecule is C.C.N#CC1CC2C=CC1O2.N#CC1CC2CCC1O2. The average Bonchev–Trinajstić information content (AvgIpc) is 3.17. The van der Waals surface area contributed by atoms with Gasteiger partial charge >= 0.3 is 0 Å². The van der Waals surface area contributed by atoms with E-state index >= 15 is 0 Å². The molecule has 4 nitrogen and oxygen atoms in total. The number of nitriles is 2. The number of hydrogen-bond donors (Lipinski definition) is 0. The predicted octanol–water partition coefficient (Wildman–Crippen LogP) is 3.20. The van der Waals surface area contributed by atoms with Gasteiger partial charge in [0.15, 0.2) is 0 Å². The van der Waals surface area contributed by atoms with Crippen LogP contribution in [0.15, 0.2) is 12.2 Å². The molecule has 110 valence electrons. The van der Waals surface area contributed by atoms with E-state index in [1.807, 2.05) is 12.2 Å². The van der Waals surface area contributed by atoms with E-state index in [4.69, 9.17) is 20.0 Å². The summed E-state index contributed by atoms with van der Waals surface area (Å²) in [5, 5.41) is 17.1. The first kappa shape index (κ1) is 16.7. The van der Waals surface area contributed by atoms with Crippen LogP contribution in [0.2, 0.25) is 0 Å². The van der Waals surface area contributed by atoms with Gasteiger partial charge < -0.3 is 9.47 Å². The van der Waals surface area contributed by atoms with E-state index in [0.717, 1.165) is 19.3 Å². The molecule has 6 unspecified atom stereocenters. The molecule has 4 aliphatic heterocycles. The second-order valence-corrected chi connectivity index (χ2v) is 5.34. The van der Waals surface area contributed by atoms with Gasteiger partial charge in [0, 0.05) is 0 Å². The molecule has 4 aliphatic rings. The molecule has 4 heterocycles. The summed E-state index contributed by atoms with van der Waals surface area (Å²) in [6.07, 6.45) is 9.30. The van der Waals surface area contributed by atoms with Crippen molar-refractivity contribution in [3.63, 3.8) is 0 Å². The molecule has 4 rings (SSSR count). The van der Waals surface area contributed by atoms with Crippen LogP contribution < -0.4 is 0 Å². The van der Waals surface area contributed by atoms with Crippen molar-refractivity contribution in [2.75, 3.05) is 0 Å². The van der Waals surface area contributed by atoms with Gasteiger partial charge in [-0.3, -0.25) is 0 Å². The lowest BCUT2D eigenvalue weighted by Crippen LogP contribution is -2.13. The summed E-state index contributed by atoms with van der Waals surface area (Å²) in [6.45, 7) is 0. The minimum absolute atomic E-state index is 0. The molecule has 3 fully saturated rings. The van der Waals surface area contributed by atoms with Gasteiger partial charge in [0.2, 0.25) is 0 Å². The molecule has 4 heteroatoms. The summed E-state index contributed by atoms with van der Waals surface area (Å²) in [4.78, 5) is 0. The third kappa shape index (κ3) is 3.03. The minimum Gasteiger partial charge on any atom is -0.374 e. The van der Waals surface area contributed by atoms with Crippen LogP contribution >= 0.6 is 0 Å². The Morgan fingerprint density at radius 2 is 1.65 bits per heavy atom. The van der Waals surface area contributed by atoms with Crippen LogP contribution in [0, 0.1) is 34.5 Å².